The summed E-state index contributed by atoms with van der Waals surface area (Å²) in [5, 5.41) is 0. The van der Waals surface area contributed by atoms with Crippen molar-refractivity contribution in [1.82, 2.24) is 19.6 Å². The summed E-state index contributed by atoms with van der Waals surface area (Å²) in [7, 11) is 4.01. The van der Waals surface area contributed by atoms with Crippen molar-refractivity contribution in [2.45, 2.75) is 75.8 Å². The number of benzene rings is 1. The molecule has 0 aromatic heterocycles. The Morgan fingerprint density at radius 2 is 1.63 bits per heavy atom. The minimum absolute atomic E-state index is 0.0116. The first-order chi connectivity index (χ1) is 18.4. The van der Waals surface area contributed by atoms with E-state index in [1.807, 2.05) is 47.2 Å². The second kappa shape index (κ2) is 11.6. The summed E-state index contributed by atoms with van der Waals surface area (Å²) in [6, 6.07) is 10.3. The minimum atomic E-state index is -0.698. The summed E-state index contributed by atoms with van der Waals surface area (Å²) >= 11 is 0. The molecule has 0 atom stereocenters. The molecule has 1 aliphatic carbocycles. The number of likely N-dealkylation sites (tertiary alicyclic amines) is 2. The smallest absolute Gasteiger partial charge is 0.250 e. The number of hydrogen-bond donors (Lipinski definition) is 0. The van der Waals surface area contributed by atoms with Crippen LogP contribution in [0.5, 0.6) is 0 Å². The molecule has 8 nitrogen and oxygen atoms in total. The van der Waals surface area contributed by atoms with Gasteiger partial charge in [0.05, 0.1) is 6.67 Å². The Hall–Kier alpha value is -2.61. The molecule has 1 aromatic rings. The number of hydrogen-bond acceptors (Lipinski definition) is 5. The number of likely N-dealkylation sites (N-methyl/N-ethyl adjacent to an activating group) is 1. The van der Waals surface area contributed by atoms with Gasteiger partial charge in [-0.25, -0.2) is 0 Å². The second-order valence-corrected chi connectivity index (χ2v) is 12.0. The fourth-order valence-corrected chi connectivity index (χ4v) is 7.09. The topological polar surface area (TPSA) is 67.4 Å². The van der Waals surface area contributed by atoms with Gasteiger partial charge in [0.15, 0.2) is 0 Å². The van der Waals surface area contributed by atoms with E-state index in [1.165, 1.54) is 25.7 Å². The Morgan fingerprint density at radius 1 is 0.974 bits per heavy atom. The molecule has 1 saturated carbocycles. The van der Waals surface area contributed by atoms with E-state index >= 15 is 0 Å². The molecular weight excluding hydrogens is 478 g/mol. The normalized spacial score (nSPS) is 23.0. The maximum absolute atomic E-state index is 14.0. The molecule has 0 unspecified atom stereocenters. The number of piperidine rings is 2. The Morgan fingerprint density at radius 3 is 2.29 bits per heavy atom. The lowest BCUT2D eigenvalue weighted by Crippen LogP contribution is -2.57. The lowest BCUT2D eigenvalue weighted by atomic mass is 9.85. The largest absolute Gasteiger partial charge is 0.342 e. The summed E-state index contributed by atoms with van der Waals surface area (Å²) in [5.74, 6) is 0.982. The summed E-state index contributed by atoms with van der Waals surface area (Å²) < 4.78 is 0. The number of rotatable bonds is 7. The van der Waals surface area contributed by atoms with Crippen LogP contribution in [0.4, 0.5) is 5.69 Å². The molecule has 38 heavy (non-hydrogen) atoms. The maximum Gasteiger partial charge on any atom is 0.250 e. The second-order valence-electron chi connectivity index (χ2n) is 12.0. The fourth-order valence-electron chi connectivity index (χ4n) is 7.09. The van der Waals surface area contributed by atoms with Gasteiger partial charge in [0.25, 0.3) is 5.91 Å². The van der Waals surface area contributed by atoms with Crippen LogP contribution in [0, 0.1) is 5.92 Å². The average molecular weight is 524 g/mol. The maximum atomic E-state index is 14.0. The lowest BCUT2D eigenvalue weighted by Gasteiger charge is -2.43. The number of para-hydroxylation sites is 1. The molecule has 4 aliphatic rings. The van der Waals surface area contributed by atoms with Gasteiger partial charge >= 0.3 is 0 Å². The van der Waals surface area contributed by atoms with E-state index in [4.69, 9.17) is 0 Å². The molecular formula is C30H45N5O3. The zero-order chi connectivity index (χ0) is 26.7. The molecule has 0 radical (unpaired) electrons. The van der Waals surface area contributed by atoms with Crippen LogP contribution < -0.4 is 4.90 Å². The Balaban J connectivity index is 1.25. The van der Waals surface area contributed by atoms with Crippen molar-refractivity contribution >= 4 is 23.4 Å². The van der Waals surface area contributed by atoms with E-state index in [0.717, 1.165) is 38.0 Å². The van der Waals surface area contributed by atoms with Gasteiger partial charge in [-0.05, 0) is 70.3 Å². The van der Waals surface area contributed by atoms with Crippen molar-refractivity contribution in [3.8, 4) is 0 Å². The number of carbonyl (C=O) groups is 3. The monoisotopic (exact) mass is 523 g/mol. The zero-order valence-electron chi connectivity index (χ0n) is 23.3. The highest BCUT2D eigenvalue weighted by Gasteiger charge is 2.54. The van der Waals surface area contributed by atoms with Crippen LogP contribution in [0.25, 0.3) is 0 Å². The number of nitrogens with zero attached hydrogens (tertiary/aromatic N) is 5. The van der Waals surface area contributed by atoms with E-state index in [2.05, 4.69) is 16.8 Å². The SMILES string of the molecule is CN1CCC(N(C)C(=O)CN2CN(c3ccccc3)C3(CCN(C(=O)CCC4CCCC4)CC3)C2=O)CC1. The van der Waals surface area contributed by atoms with Crippen LogP contribution >= 0.6 is 0 Å². The predicted molar refractivity (Wildman–Crippen MR) is 149 cm³/mol. The van der Waals surface area contributed by atoms with Gasteiger partial charge in [-0.2, -0.15) is 0 Å². The highest BCUT2D eigenvalue weighted by atomic mass is 16.2. The summed E-state index contributed by atoms with van der Waals surface area (Å²) in [6.45, 7) is 3.69. The molecule has 3 amide bonds. The van der Waals surface area contributed by atoms with E-state index in [-0.39, 0.29) is 30.3 Å². The number of anilines is 1. The molecule has 0 bridgehead atoms. The third-order valence-corrected chi connectivity index (χ3v) is 9.72. The highest BCUT2D eigenvalue weighted by molar-refractivity contribution is 5.96. The van der Waals surface area contributed by atoms with Gasteiger partial charge in [-0.3, -0.25) is 14.4 Å². The van der Waals surface area contributed by atoms with Crippen molar-refractivity contribution in [3.63, 3.8) is 0 Å². The highest BCUT2D eigenvalue weighted by Crippen LogP contribution is 2.40. The van der Waals surface area contributed by atoms with Crippen molar-refractivity contribution in [2.75, 3.05) is 58.4 Å². The van der Waals surface area contributed by atoms with Gasteiger partial charge in [0.2, 0.25) is 11.8 Å². The first kappa shape index (κ1) is 27.0. The zero-order valence-corrected chi connectivity index (χ0v) is 23.3. The first-order valence-electron chi connectivity index (χ1n) is 14.7. The minimum Gasteiger partial charge on any atom is -0.342 e. The standard InChI is InChI=1S/C30H45N5O3/c1-31-18-14-25(15-19-31)32(2)28(37)22-34-23-35(26-10-4-3-5-11-26)30(29(34)38)16-20-33(21-17-30)27(36)13-12-24-8-6-7-9-24/h3-5,10-11,24-25H,6-9,12-23H2,1-2H3. The van der Waals surface area contributed by atoms with Crippen LogP contribution in [0.3, 0.4) is 0 Å². The third-order valence-electron chi connectivity index (χ3n) is 9.72. The Kier molecular flexibility index (Phi) is 8.26. The molecule has 1 aromatic carbocycles. The van der Waals surface area contributed by atoms with Gasteiger partial charge in [0.1, 0.15) is 12.1 Å². The van der Waals surface area contributed by atoms with Crippen molar-refractivity contribution in [2.24, 2.45) is 5.92 Å². The third kappa shape index (κ3) is 5.56. The molecule has 5 rings (SSSR count). The molecule has 3 aliphatic heterocycles. The van der Waals surface area contributed by atoms with E-state index in [0.29, 0.717) is 44.9 Å². The first-order valence-corrected chi connectivity index (χ1v) is 14.7. The van der Waals surface area contributed by atoms with Crippen molar-refractivity contribution in [3.05, 3.63) is 30.3 Å². The summed E-state index contributed by atoms with van der Waals surface area (Å²) in [6.07, 6.45) is 9.89. The average Bonchev–Trinajstić information content (AvgIpc) is 3.56. The molecule has 1 spiro atoms. The molecule has 3 saturated heterocycles. The summed E-state index contributed by atoms with van der Waals surface area (Å²) in [4.78, 5) is 50.4. The molecule has 0 N–H and O–H groups in total. The van der Waals surface area contributed by atoms with Crippen LogP contribution in [-0.2, 0) is 14.4 Å². The van der Waals surface area contributed by atoms with Gasteiger partial charge < -0.3 is 24.5 Å². The number of amides is 3. The summed E-state index contributed by atoms with van der Waals surface area (Å²) in [5.41, 5.74) is 0.302. The quantitative estimate of drug-likeness (QED) is 0.549. The molecule has 208 valence electrons. The van der Waals surface area contributed by atoms with Gasteiger partial charge in [-0.1, -0.05) is 43.9 Å². The predicted octanol–water partition coefficient (Wildman–Crippen LogP) is 3.18. The number of carbonyl (C=O) groups excluding carboxylic acids is 3. The fraction of sp³-hybridized carbons (Fsp3) is 0.700. The Labute approximate surface area is 227 Å². The Bertz CT molecular complexity index is 979. The molecule has 4 fully saturated rings. The van der Waals surface area contributed by atoms with E-state index < -0.39 is 5.54 Å². The van der Waals surface area contributed by atoms with Gasteiger partial charge in [0, 0.05) is 38.3 Å². The van der Waals surface area contributed by atoms with E-state index in [9.17, 15) is 14.4 Å². The molecule has 8 heteroatoms. The van der Waals surface area contributed by atoms with Crippen LogP contribution in [0.1, 0.15) is 64.2 Å². The van der Waals surface area contributed by atoms with Crippen molar-refractivity contribution < 1.29 is 14.4 Å². The van der Waals surface area contributed by atoms with Gasteiger partial charge in [-0.15, -0.1) is 0 Å². The van der Waals surface area contributed by atoms with Crippen LogP contribution in [-0.4, -0.2) is 102 Å². The lowest BCUT2D eigenvalue weighted by molar-refractivity contribution is -0.142. The van der Waals surface area contributed by atoms with Crippen LogP contribution in [0.15, 0.2) is 30.3 Å². The van der Waals surface area contributed by atoms with Crippen LogP contribution in [0.2, 0.25) is 0 Å². The van der Waals surface area contributed by atoms with E-state index in [1.54, 1.807) is 4.90 Å². The van der Waals surface area contributed by atoms with Crippen molar-refractivity contribution in [1.29, 1.82) is 0 Å². The molecule has 3 heterocycles.